The smallest absolute Gasteiger partial charge is 0.127 e. The van der Waals surface area contributed by atoms with Gasteiger partial charge in [-0.3, -0.25) is 0 Å². The Morgan fingerprint density at radius 2 is 2.14 bits per heavy atom. The van der Waals surface area contributed by atoms with Crippen LogP contribution in [0.25, 0.3) is 0 Å². The molecule has 2 fully saturated rings. The van der Waals surface area contributed by atoms with Crippen molar-refractivity contribution < 1.29 is 19.0 Å². The molecule has 1 aromatic carbocycles. The van der Waals surface area contributed by atoms with Gasteiger partial charge in [0.1, 0.15) is 17.7 Å². The number of thioether (sulfide) groups is 1. The molecule has 0 aliphatic carbocycles. The summed E-state index contributed by atoms with van der Waals surface area (Å²) in [5.74, 6) is 2.42. The molecule has 21 heavy (non-hydrogen) atoms. The SMILES string of the molecule is OCc1cc(F)cc(OC2CCOC3(CCSCC3)C2)c1. The zero-order chi connectivity index (χ0) is 14.7. The summed E-state index contributed by atoms with van der Waals surface area (Å²) < 4.78 is 25.5. The van der Waals surface area contributed by atoms with Gasteiger partial charge >= 0.3 is 0 Å². The number of hydrogen-bond acceptors (Lipinski definition) is 4. The fraction of sp³-hybridized carbons (Fsp3) is 0.625. The number of benzene rings is 1. The lowest BCUT2D eigenvalue weighted by molar-refractivity contribution is -0.116. The van der Waals surface area contributed by atoms with Gasteiger partial charge in [0.2, 0.25) is 0 Å². The number of hydrogen-bond donors (Lipinski definition) is 1. The third-order valence-corrected chi connectivity index (χ3v) is 5.25. The summed E-state index contributed by atoms with van der Waals surface area (Å²) >= 11 is 1.98. The van der Waals surface area contributed by atoms with Gasteiger partial charge in [0, 0.05) is 18.9 Å². The molecular formula is C16H21FO3S. The van der Waals surface area contributed by atoms with Crippen LogP contribution in [-0.2, 0) is 11.3 Å². The average molecular weight is 312 g/mol. The minimum absolute atomic E-state index is 0.0404. The lowest BCUT2D eigenvalue weighted by Gasteiger charge is -2.43. The maximum absolute atomic E-state index is 13.5. The van der Waals surface area contributed by atoms with Gasteiger partial charge in [-0.15, -0.1) is 0 Å². The molecule has 2 saturated heterocycles. The molecule has 0 aromatic heterocycles. The van der Waals surface area contributed by atoms with Crippen LogP contribution in [0, 0.1) is 5.82 Å². The molecule has 1 spiro atoms. The molecule has 2 aliphatic rings. The molecule has 116 valence electrons. The van der Waals surface area contributed by atoms with E-state index in [2.05, 4.69) is 0 Å². The number of halogens is 1. The summed E-state index contributed by atoms with van der Waals surface area (Å²) in [5.41, 5.74) is 0.502. The van der Waals surface area contributed by atoms with Crippen molar-refractivity contribution in [3.05, 3.63) is 29.6 Å². The van der Waals surface area contributed by atoms with E-state index >= 15 is 0 Å². The van der Waals surface area contributed by atoms with Crippen molar-refractivity contribution in [2.45, 2.75) is 44.0 Å². The highest BCUT2D eigenvalue weighted by Crippen LogP contribution is 2.38. The summed E-state index contributed by atoms with van der Waals surface area (Å²) in [4.78, 5) is 0. The second kappa shape index (κ2) is 6.55. The summed E-state index contributed by atoms with van der Waals surface area (Å²) in [6.45, 7) is 0.528. The van der Waals surface area contributed by atoms with E-state index in [9.17, 15) is 4.39 Å². The van der Waals surface area contributed by atoms with E-state index in [1.807, 2.05) is 11.8 Å². The Balaban J connectivity index is 1.68. The van der Waals surface area contributed by atoms with Gasteiger partial charge in [0.15, 0.2) is 0 Å². The third-order valence-electron chi connectivity index (χ3n) is 4.27. The fourth-order valence-electron chi connectivity index (χ4n) is 3.15. The molecule has 2 aliphatic heterocycles. The minimum Gasteiger partial charge on any atom is -0.490 e. The Bertz CT molecular complexity index is 483. The Morgan fingerprint density at radius 3 is 2.90 bits per heavy atom. The molecule has 5 heteroatoms. The maximum Gasteiger partial charge on any atom is 0.127 e. The van der Waals surface area contributed by atoms with E-state index in [0.29, 0.717) is 17.9 Å². The van der Waals surface area contributed by atoms with Crippen molar-refractivity contribution in [3.8, 4) is 5.75 Å². The summed E-state index contributed by atoms with van der Waals surface area (Å²) in [7, 11) is 0. The van der Waals surface area contributed by atoms with Crippen molar-refractivity contribution >= 4 is 11.8 Å². The second-order valence-corrected chi connectivity index (χ2v) is 7.05. The quantitative estimate of drug-likeness (QED) is 0.930. The normalized spacial score (nSPS) is 25.0. The number of ether oxygens (including phenoxy) is 2. The van der Waals surface area contributed by atoms with Gasteiger partial charge in [-0.05, 0) is 42.0 Å². The third kappa shape index (κ3) is 3.71. The molecule has 3 nitrogen and oxygen atoms in total. The molecule has 1 atom stereocenters. The summed E-state index contributed by atoms with van der Waals surface area (Å²) in [6.07, 6.45) is 3.92. The average Bonchev–Trinajstić information content (AvgIpc) is 2.47. The van der Waals surface area contributed by atoms with Gasteiger partial charge in [0.25, 0.3) is 0 Å². The Labute approximate surface area is 128 Å². The topological polar surface area (TPSA) is 38.7 Å². The van der Waals surface area contributed by atoms with Crippen molar-refractivity contribution in [1.82, 2.24) is 0 Å². The molecule has 1 aromatic rings. The molecule has 1 unspecified atom stereocenters. The number of rotatable bonds is 3. The first-order valence-corrected chi connectivity index (χ1v) is 8.63. The highest BCUT2D eigenvalue weighted by atomic mass is 32.2. The second-order valence-electron chi connectivity index (χ2n) is 5.83. The summed E-state index contributed by atoms with van der Waals surface area (Å²) in [5, 5.41) is 9.15. The molecule has 0 saturated carbocycles. The standard InChI is InChI=1S/C16H21FO3S/c17-13-7-12(11-18)8-15(9-13)20-14-1-4-19-16(10-14)2-5-21-6-3-16/h7-9,14,18H,1-6,10-11H2. The van der Waals surface area contributed by atoms with E-state index in [1.165, 1.54) is 12.1 Å². The highest BCUT2D eigenvalue weighted by molar-refractivity contribution is 7.99. The van der Waals surface area contributed by atoms with E-state index < -0.39 is 0 Å². The molecule has 3 rings (SSSR count). The predicted molar refractivity (Wildman–Crippen MR) is 81.2 cm³/mol. The van der Waals surface area contributed by atoms with Crippen molar-refractivity contribution in [2.75, 3.05) is 18.1 Å². The van der Waals surface area contributed by atoms with Gasteiger partial charge in [-0.2, -0.15) is 11.8 Å². The van der Waals surface area contributed by atoms with Crippen LogP contribution < -0.4 is 4.74 Å². The minimum atomic E-state index is -0.368. The van der Waals surface area contributed by atoms with Crippen LogP contribution in [0.5, 0.6) is 5.75 Å². The van der Waals surface area contributed by atoms with E-state index in [4.69, 9.17) is 14.6 Å². The van der Waals surface area contributed by atoms with Crippen LogP contribution in [0.4, 0.5) is 4.39 Å². The zero-order valence-electron chi connectivity index (χ0n) is 12.0. The number of aliphatic hydroxyl groups is 1. The van der Waals surface area contributed by atoms with E-state index in [-0.39, 0.29) is 24.1 Å². The number of aliphatic hydroxyl groups excluding tert-OH is 1. The van der Waals surface area contributed by atoms with E-state index in [0.717, 1.165) is 37.2 Å². The van der Waals surface area contributed by atoms with Crippen molar-refractivity contribution in [1.29, 1.82) is 0 Å². The lowest BCUT2D eigenvalue weighted by Crippen LogP contribution is -2.46. The molecular weight excluding hydrogens is 291 g/mol. The Kier molecular flexibility index (Phi) is 4.72. The molecule has 1 N–H and O–H groups in total. The monoisotopic (exact) mass is 312 g/mol. The van der Waals surface area contributed by atoms with Crippen LogP contribution in [0.3, 0.4) is 0 Å². The Morgan fingerprint density at radius 1 is 1.33 bits per heavy atom. The maximum atomic E-state index is 13.5. The van der Waals surface area contributed by atoms with Gasteiger partial charge in [-0.25, -0.2) is 4.39 Å². The van der Waals surface area contributed by atoms with Gasteiger partial charge in [-0.1, -0.05) is 0 Å². The van der Waals surface area contributed by atoms with Crippen LogP contribution in [0.1, 0.15) is 31.2 Å². The van der Waals surface area contributed by atoms with Gasteiger partial charge in [0.05, 0.1) is 18.8 Å². The van der Waals surface area contributed by atoms with Crippen LogP contribution >= 0.6 is 11.8 Å². The lowest BCUT2D eigenvalue weighted by atomic mass is 9.86. The summed E-state index contributed by atoms with van der Waals surface area (Å²) in [6, 6.07) is 4.43. The zero-order valence-corrected chi connectivity index (χ0v) is 12.8. The van der Waals surface area contributed by atoms with Crippen LogP contribution in [0.15, 0.2) is 18.2 Å². The first-order chi connectivity index (χ1) is 10.2. The molecule has 0 radical (unpaired) electrons. The fourth-order valence-corrected chi connectivity index (χ4v) is 4.38. The highest BCUT2D eigenvalue weighted by Gasteiger charge is 2.39. The Hall–Kier alpha value is -0.780. The van der Waals surface area contributed by atoms with Crippen LogP contribution in [-0.4, -0.2) is 34.9 Å². The molecule has 2 heterocycles. The largest absolute Gasteiger partial charge is 0.490 e. The van der Waals surface area contributed by atoms with Crippen LogP contribution in [0.2, 0.25) is 0 Å². The molecule has 0 amide bonds. The van der Waals surface area contributed by atoms with Crippen molar-refractivity contribution in [2.24, 2.45) is 0 Å². The predicted octanol–water partition coefficient (Wildman–Crippen LogP) is 3.14. The van der Waals surface area contributed by atoms with E-state index in [1.54, 1.807) is 6.07 Å². The molecule has 0 bridgehead atoms. The van der Waals surface area contributed by atoms with Crippen molar-refractivity contribution in [3.63, 3.8) is 0 Å². The van der Waals surface area contributed by atoms with Gasteiger partial charge < -0.3 is 14.6 Å². The first kappa shape index (κ1) is 15.1. The first-order valence-electron chi connectivity index (χ1n) is 7.48.